The standard InChI is InChI=1S/C15H19Cl2N3O/c1-15(2)11-7-18-6-9(11)8-20(15)14(21)19-13-5-10(16)3-4-12(13)17/h3-5,9,11,18H,6-8H2,1-2H3,(H,19,21). The van der Waals surface area contributed by atoms with Crippen molar-refractivity contribution in [2.45, 2.75) is 19.4 Å². The Hall–Kier alpha value is -0.970. The zero-order valence-corrected chi connectivity index (χ0v) is 13.6. The largest absolute Gasteiger partial charge is 0.322 e. The number of nitrogens with zero attached hydrogens (tertiary/aromatic N) is 1. The molecule has 2 atom stereocenters. The third kappa shape index (κ3) is 2.60. The molecule has 0 radical (unpaired) electrons. The molecule has 2 aliphatic heterocycles. The monoisotopic (exact) mass is 327 g/mol. The topological polar surface area (TPSA) is 44.4 Å². The minimum atomic E-state index is -0.163. The molecule has 2 heterocycles. The molecular weight excluding hydrogens is 309 g/mol. The second kappa shape index (κ2) is 5.34. The van der Waals surface area contributed by atoms with Crippen molar-refractivity contribution in [3.8, 4) is 0 Å². The Balaban J connectivity index is 1.78. The highest BCUT2D eigenvalue weighted by molar-refractivity contribution is 6.35. The highest BCUT2D eigenvalue weighted by Gasteiger charge is 2.51. The summed E-state index contributed by atoms with van der Waals surface area (Å²) in [6.45, 7) is 6.98. The highest BCUT2D eigenvalue weighted by atomic mass is 35.5. The maximum atomic E-state index is 12.6. The molecular formula is C15H19Cl2N3O. The average molecular weight is 328 g/mol. The fourth-order valence-electron chi connectivity index (χ4n) is 3.54. The number of likely N-dealkylation sites (tertiary alicyclic amines) is 1. The molecule has 3 rings (SSSR count). The van der Waals surface area contributed by atoms with Gasteiger partial charge in [0.2, 0.25) is 0 Å². The van der Waals surface area contributed by atoms with E-state index in [4.69, 9.17) is 23.2 Å². The number of hydrogen-bond donors (Lipinski definition) is 2. The van der Waals surface area contributed by atoms with Crippen molar-refractivity contribution in [2.24, 2.45) is 11.8 Å². The fourth-order valence-corrected chi connectivity index (χ4v) is 3.88. The maximum absolute atomic E-state index is 12.6. The predicted molar refractivity (Wildman–Crippen MR) is 86.1 cm³/mol. The Labute approximate surface area is 134 Å². The molecule has 1 aromatic rings. The van der Waals surface area contributed by atoms with Crippen LogP contribution in [0.1, 0.15) is 13.8 Å². The maximum Gasteiger partial charge on any atom is 0.322 e. The van der Waals surface area contributed by atoms with E-state index in [0.717, 1.165) is 19.6 Å². The Bertz CT molecular complexity index is 576. The minimum absolute atomic E-state index is 0.112. The van der Waals surface area contributed by atoms with Crippen LogP contribution in [0.25, 0.3) is 0 Å². The van der Waals surface area contributed by atoms with E-state index in [1.807, 2.05) is 4.90 Å². The van der Waals surface area contributed by atoms with Gasteiger partial charge in [0.15, 0.2) is 0 Å². The van der Waals surface area contributed by atoms with Gasteiger partial charge < -0.3 is 15.5 Å². The van der Waals surface area contributed by atoms with Crippen molar-refractivity contribution in [2.75, 3.05) is 25.0 Å². The van der Waals surface area contributed by atoms with Gasteiger partial charge in [-0.05, 0) is 43.9 Å². The summed E-state index contributed by atoms with van der Waals surface area (Å²) in [5.41, 5.74) is 0.392. The number of hydrogen-bond acceptors (Lipinski definition) is 2. The molecule has 4 nitrogen and oxygen atoms in total. The van der Waals surface area contributed by atoms with Gasteiger partial charge in [0.1, 0.15) is 0 Å². The second-order valence-electron chi connectivity index (χ2n) is 6.34. The van der Waals surface area contributed by atoms with Gasteiger partial charge in [0, 0.05) is 30.2 Å². The fraction of sp³-hybridized carbons (Fsp3) is 0.533. The lowest BCUT2D eigenvalue weighted by atomic mass is 9.85. The van der Waals surface area contributed by atoms with Crippen LogP contribution in [-0.2, 0) is 0 Å². The van der Waals surface area contributed by atoms with Crippen LogP contribution < -0.4 is 10.6 Å². The number of urea groups is 1. The minimum Gasteiger partial charge on any atom is -0.319 e. The van der Waals surface area contributed by atoms with Crippen LogP contribution in [0.5, 0.6) is 0 Å². The lowest BCUT2D eigenvalue weighted by Crippen LogP contribution is -2.49. The quantitative estimate of drug-likeness (QED) is 0.829. The summed E-state index contributed by atoms with van der Waals surface area (Å²) < 4.78 is 0. The van der Waals surface area contributed by atoms with Crippen LogP contribution in [0.4, 0.5) is 10.5 Å². The van der Waals surface area contributed by atoms with Gasteiger partial charge in [0.05, 0.1) is 10.7 Å². The van der Waals surface area contributed by atoms with Crippen LogP contribution in [0, 0.1) is 11.8 Å². The summed E-state index contributed by atoms with van der Waals surface area (Å²) in [5.74, 6) is 1.03. The molecule has 21 heavy (non-hydrogen) atoms. The molecule has 0 spiro atoms. The van der Waals surface area contributed by atoms with Crippen molar-refractivity contribution in [1.82, 2.24) is 10.2 Å². The van der Waals surface area contributed by atoms with Crippen LogP contribution in [0.15, 0.2) is 18.2 Å². The van der Waals surface area contributed by atoms with Crippen molar-refractivity contribution >= 4 is 34.9 Å². The lowest BCUT2D eigenvalue weighted by Gasteiger charge is -2.35. The molecule has 2 N–H and O–H groups in total. The first-order valence-corrected chi connectivity index (χ1v) is 7.89. The number of carbonyl (C=O) groups excluding carboxylic acids is 1. The molecule has 0 aliphatic carbocycles. The Morgan fingerprint density at radius 1 is 1.38 bits per heavy atom. The van der Waals surface area contributed by atoms with E-state index in [-0.39, 0.29) is 11.6 Å². The number of benzene rings is 1. The zero-order chi connectivity index (χ0) is 15.2. The molecule has 114 valence electrons. The average Bonchev–Trinajstić information content (AvgIpc) is 2.96. The summed E-state index contributed by atoms with van der Waals surface area (Å²) in [6.07, 6.45) is 0. The molecule has 2 amide bonds. The summed E-state index contributed by atoms with van der Waals surface area (Å²) in [6, 6.07) is 4.95. The molecule has 2 saturated heterocycles. The third-order valence-corrected chi connectivity index (χ3v) is 5.34. The normalized spacial score (nSPS) is 26.8. The Morgan fingerprint density at radius 3 is 2.86 bits per heavy atom. The summed E-state index contributed by atoms with van der Waals surface area (Å²) in [4.78, 5) is 14.5. The van der Waals surface area contributed by atoms with Crippen molar-refractivity contribution in [3.05, 3.63) is 28.2 Å². The van der Waals surface area contributed by atoms with Gasteiger partial charge in [-0.3, -0.25) is 0 Å². The summed E-state index contributed by atoms with van der Waals surface area (Å²) >= 11 is 12.1. The molecule has 0 aromatic heterocycles. The number of nitrogens with one attached hydrogen (secondary N) is 2. The van der Waals surface area contributed by atoms with E-state index in [2.05, 4.69) is 24.5 Å². The van der Waals surface area contributed by atoms with Gasteiger partial charge in [0.25, 0.3) is 0 Å². The van der Waals surface area contributed by atoms with Crippen LogP contribution >= 0.6 is 23.2 Å². The van der Waals surface area contributed by atoms with Gasteiger partial charge >= 0.3 is 6.03 Å². The molecule has 2 unspecified atom stereocenters. The molecule has 6 heteroatoms. The van der Waals surface area contributed by atoms with E-state index >= 15 is 0 Å². The third-order valence-electron chi connectivity index (χ3n) is 4.78. The van der Waals surface area contributed by atoms with Crippen molar-refractivity contribution in [3.63, 3.8) is 0 Å². The number of rotatable bonds is 1. The van der Waals surface area contributed by atoms with E-state index in [9.17, 15) is 4.79 Å². The zero-order valence-electron chi connectivity index (χ0n) is 12.1. The highest BCUT2D eigenvalue weighted by Crippen LogP contribution is 2.41. The molecule has 0 saturated carbocycles. The van der Waals surface area contributed by atoms with Gasteiger partial charge in [-0.2, -0.15) is 0 Å². The van der Waals surface area contributed by atoms with Gasteiger partial charge in [-0.1, -0.05) is 23.2 Å². The molecule has 2 fully saturated rings. The summed E-state index contributed by atoms with van der Waals surface area (Å²) in [5, 5.41) is 7.34. The van der Waals surface area contributed by atoms with E-state index < -0.39 is 0 Å². The lowest BCUT2D eigenvalue weighted by molar-refractivity contribution is 0.157. The first-order chi connectivity index (χ1) is 9.89. The first-order valence-electron chi connectivity index (χ1n) is 7.14. The number of anilines is 1. The number of halogens is 2. The van der Waals surface area contributed by atoms with Crippen LogP contribution in [0.3, 0.4) is 0 Å². The van der Waals surface area contributed by atoms with E-state index in [1.54, 1.807) is 18.2 Å². The Kier molecular flexibility index (Phi) is 3.80. The molecule has 2 aliphatic rings. The first kappa shape index (κ1) is 14.9. The van der Waals surface area contributed by atoms with Gasteiger partial charge in [-0.15, -0.1) is 0 Å². The molecule has 1 aromatic carbocycles. The smallest absolute Gasteiger partial charge is 0.319 e. The van der Waals surface area contributed by atoms with Crippen molar-refractivity contribution < 1.29 is 4.79 Å². The van der Waals surface area contributed by atoms with Crippen molar-refractivity contribution in [1.29, 1.82) is 0 Å². The SMILES string of the molecule is CC1(C)C2CNCC2CN1C(=O)Nc1cc(Cl)ccc1Cl. The summed E-state index contributed by atoms with van der Waals surface area (Å²) in [7, 11) is 0. The number of fused-ring (bicyclic) bond motifs is 1. The second-order valence-corrected chi connectivity index (χ2v) is 7.19. The Morgan fingerprint density at radius 2 is 2.14 bits per heavy atom. The number of amides is 2. The van der Waals surface area contributed by atoms with E-state index in [1.165, 1.54) is 0 Å². The predicted octanol–water partition coefficient (Wildman–Crippen LogP) is 3.46. The van der Waals surface area contributed by atoms with E-state index in [0.29, 0.717) is 27.6 Å². The van der Waals surface area contributed by atoms with Crippen LogP contribution in [-0.4, -0.2) is 36.1 Å². The van der Waals surface area contributed by atoms with Gasteiger partial charge in [-0.25, -0.2) is 4.79 Å². The van der Waals surface area contributed by atoms with Crippen LogP contribution in [0.2, 0.25) is 10.0 Å². The number of carbonyl (C=O) groups is 1. The molecule has 0 bridgehead atoms.